The van der Waals surface area contributed by atoms with Gasteiger partial charge < -0.3 is 14.6 Å². The third-order valence-corrected chi connectivity index (χ3v) is 3.69. The van der Waals surface area contributed by atoms with Gasteiger partial charge in [-0.25, -0.2) is 4.39 Å². The van der Waals surface area contributed by atoms with Gasteiger partial charge in [-0.3, -0.25) is 14.6 Å². The summed E-state index contributed by atoms with van der Waals surface area (Å²) in [6.45, 7) is 0.202. The van der Waals surface area contributed by atoms with E-state index in [0.717, 1.165) is 5.56 Å². The normalized spacial score (nSPS) is 10.6. The first-order chi connectivity index (χ1) is 12.0. The van der Waals surface area contributed by atoms with Gasteiger partial charge in [-0.2, -0.15) is 0 Å². The molecule has 0 fully saturated rings. The number of hydrogen-bond acceptors (Lipinski definition) is 4. The van der Waals surface area contributed by atoms with Crippen LogP contribution in [0.5, 0.6) is 0 Å². The Kier molecular flexibility index (Phi) is 4.74. The zero-order chi connectivity index (χ0) is 17.8. The molecule has 2 heterocycles. The fourth-order valence-corrected chi connectivity index (χ4v) is 2.37. The maximum absolute atomic E-state index is 13.6. The Morgan fingerprint density at radius 3 is 2.84 bits per heavy atom. The molecule has 0 aliphatic carbocycles. The molecule has 25 heavy (non-hydrogen) atoms. The molecule has 3 aromatic rings. The van der Waals surface area contributed by atoms with Crippen LogP contribution in [0.25, 0.3) is 11.0 Å². The number of likely N-dealkylation sites (N-methyl/N-ethyl adjacent to an activating group) is 1. The standard InChI is InChI=1S/C18H16FN3O3/c1-22(11-12-4-3-7-20-9-12)16(23)10-21-18(24)15-8-13-5-2-6-14(19)17(13)25-15/h2-9H,10-11H2,1H3,(H,21,24). The maximum atomic E-state index is 13.6. The molecule has 6 nitrogen and oxygen atoms in total. The zero-order valence-corrected chi connectivity index (χ0v) is 13.5. The number of hydrogen-bond donors (Lipinski definition) is 1. The highest BCUT2D eigenvalue weighted by atomic mass is 19.1. The number of furan rings is 1. The molecular formula is C18H16FN3O3. The Bertz CT molecular complexity index is 908. The van der Waals surface area contributed by atoms with Crippen molar-refractivity contribution in [2.75, 3.05) is 13.6 Å². The number of fused-ring (bicyclic) bond motifs is 1. The van der Waals surface area contributed by atoms with Crippen LogP contribution in [-0.4, -0.2) is 35.3 Å². The van der Waals surface area contributed by atoms with Crippen LogP contribution in [0.4, 0.5) is 4.39 Å². The van der Waals surface area contributed by atoms with Crippen molar-refractivity contribution >= 4 is 22.8 Å². The average Bonchev–Trinajstić information content (AvgIpc) is 3.06. The number of carbonyl (C=O) groups excluding carboxylic acids is 2. The molecule has 0 aliphatic heterocycles. The van der Waals surface area contributed by atoms with Gasteiger partial charge in [-0.1, -0.05) is 18.2 Å². The van der Waals surface area contributed by atoms with Crippen molar-refractivity contribution in [2.24, 2.45) is 0 Å². The number of pyridine rings is 1. The number of para-hydroxylation sites is 1. The van der Waals surface area contributed by atoms with E-state index in [1.54, 1.807) is 31.6 Å². The highest BCUT2D eigenvalue weighted by molar-refractivity contribution is 5.97. The molecule has 0 spiro atoms. The molecule has 0 saturated heterocycles. The number of amides is 2. The van der Waals surface area contributed by atoms with Crippen molar-refractivity contribution in [3.8, 4) is 0 Å². The van der Waals surface area contributed by atoms with Gasteiger partial charge in [-0.15, -0.1) is 0 Å². The van der Waals surface area contributed by atoms with Gasteiger partial charge in [0.15, 0.2) is 17.2 Å². The van der Waals surface area contributed by atoms with E-state index in [1.807, 2.05) is 6.07 Å². The number of aromatic nitrogens is 1. The largest absolute Gasteiger partial charge is 0.448 e. The molecule has 2 amide bonds. The van der Waals surface area contributed by atoms with Crippen molar-refractivity contribution in [3.63, 3.8) is 0 Å². The van der Waals surface area contributed by atoms with Gasteiger partial charge in [-0.05, 0) is 23.8 Å². The van der Waals surface area contributed by atoms with Crippen molar-refractivity contribution in [1.29, 1.82) is 0 Å². The Morgan fingerprint density at radius 2 is 2.12 bits per heavy atom. The molecule has 3 rings (SSSR count). The summed E-state index contributed by atoms with van der Waals surface area (Å²) in [6.07, 6.45) is 3.33. The van der Waals surface area contributed by atoms with Gasteiger partial charge >= 0.3 is 0 Å². The van der Waals surface area contributed by atoms with Crippen molar-refractivity contribution < 1.29 is 18.4 Å². The maximum Gasteiger partial charge on any atom is 0.287 e. The minimum atomic E-state index is -0.571. The number of rotatable bonds is 5. The van der Waals surface area contributed by atoms with E-state index in [9.17, 15) is 14.0 Å². The molecule has 0 unspecified atom stereocenters. The molecule has 2 aromatic heterocycles. The molecular weight excluding hydrogens is 325 g/mol. The number of halogens is 1. The summed E-state index contributed by atoms with van der Waals surface area (Å²) in [5, 5.41) is 2.97. The van der Waals surface area contributed by atoms with Crippen molar-refractivity contribution in [1.82, 2.24) is 15.2 Å². The lowest BCUT2D eigenvalue weighted by molar-refractivity contribution is -0.129. The Balaban J connectivity index is 1.59. The van der Waals surface area contributed by atoms with Crippen LogP contribution in [-0.2, 0) is 11.3 Å². The Morgan fingerprint density at radius 1 is 1.28 bits per heavy atom. The van der Waals surface area contributed by atoms with Crippen molar-refractivity contribution in [3.05, 3.63) is 65.9 Å². The van der Waals surface area contributed by atoms with Crippen LogP contribution in [0.2, 0.25) is 0 Å². The number of carbonyl (C=O) groups is 2. The summed E-state index contributed by atoms with van der Waals surface area (Å²) >= 11 is 0. The smallest absolute Gasteiger partial charge is 0.287 e. The van der Waals surface area contributed by atoms with E-state index in [1.165, 1.54) is 23.1 Å². The molecule has 0 radical (unpaired) electrons. The van der Waals surface area contributed by atoms with Crippen LogP contribution < -0.4 is 5.32 Å². The second kappa shape index (κ2) is 7.12. The predicted octanol–water partition coefficient (Wildman–Crippen LogP) is 2.36. The van der Waals surface area contributed by atoms with E-state index in [0.29, 0.717) is 11.9 Å². The van der Waals surface area contributed by atoms with Crippen LogP contribution >= 0.6 is 0 Å². The quantitative estimate of drug-likeness (QED) is 0.773. The first-order valence-corrected chi connectivity index (χ1v) is 7.63. The van der Waals surface area contributed by atoms with Gasteiger partial charge in [0.1, 0.15) is 0 Å². The van der Waals surface area contributed by atoms with Crippen LogP contribution in [0.3, 0.4) is 0 Å². The molecule has 1 aromatic carbocycles. The number of nitrogens with zero attached hydrogens (tertiary/aromatic N) is 2. The summed E-state index contributed by atoms with van der Waals surface area (Å²) < 4.78 is 18.8. The predicted molar refractivity (Wildman–Crippen MR) is 89.2 cm³/mol. The SMILES string of the molecule is CN(Cc1cccnc1)C(=O)CNC(=O)c1cc2cccc(F)c2o1. The third-order valence-electron chi connectivity index (χ3n) is 3.69. The molecule has 0 atom stereocenters. The fraction of sp³-hybridized carbons (Fsp3) is 0.167. The summed E-state index contributed by atoms with van der Waals surface area (Å²) in [5.74, 6) is -1.41. The highest BCUT2D eigenvalue weighted by Crippen LogP contribution is 2.21. The second-order valence-corrected chi connectivity index (χ2v) is 5.56. The minimum absolute atomic E-state index is 0.0210. The van der Waals surface area contributed by atoms with Gasteiger partial charge in [0.2, 0.25) is 5.91 Å². The third kappa shape index (κ3) is 3.82. The summed E-state index contributed by atoms with van der Waals surface area (Å²) in [7, 11) is 1.64. The van der Waals surface area contributed by atoms with E-state index in [4.69, 9.17) is 4.42 Å². The first-order valence-electron chi connectivity index (χ1n) is 7.63. The summed E-state index contributed by atoms with van der Waals surface area (Å²) in [4.78, 5) is 29.7. The van der Waals surface area contributed by atoms with Crippen LogP contribution in [0, 0.1) is 5.82 Å². The van der Waals surface area contributed by atoms with E-state index >= 15 is 0 Å². The van der Waals surface area contributed by atoms with Crippen molar-refractivity contribution in [2.45, 2.75) is 6.54 Å². The summed E-state index contributed by atoms with van der Waals surface area (Å²) in [5.41, 5.74) is 0.908. The monoisotopic (exact) mass is 341 g/mol. The molecule has 0 bridgehead atoms. The summed E-state index contributed by atoms with van der Waals surface area (Å²) in [6, 6.07) is 9.52. The zero-order valence-electron chi connectivity index (χ0n) is 13.5. The highest BCUT2D eigenvalue weighted by Gasteiger charge is 2.16. The minimum Gasteiger partial charge on any atom is -0.448 e. The molecule has 1 N–H and O–H groups in total. The van der Waals surface area contributed by atoms with Crippen LogP contribution in [0.1, 0.15) is 16.1 Å². The lowest BCUT2D eigenvalue weighted by Crippen LogP contribution is -2.37. The topological polar surface area (TPSA) is 75.4 Å². The Labute approximate surface area is 143 Å². The fourth-order valence-electron chi connectivity index (χ4n) is 2.37. The number of benzene rings is 1. The lowest BCUT2D eigenvalue weighted by Gasteiger charge is -2.17. The number of nitrogens with one attached hydrogen (secondary N) is 1. The average molecular weight is 341 g/mol. The molecule has 7 heteroatoms. The van der Waals surface area contributed by atoms with Gasteiger partial charge in [0.25, 0.3) is 5.91 Å². The molecule has 128 valence electrons. The Hall–Kier alpha value is -3.22. The van der Waals surface area contributed by atoms with Gasteiger partial charge in [0.05, 0.1) is 6.54 Å². The molecule has 0 saturated carbocycles. The van der Waals surface area contributed by atoms with E-state index < -0.39 is 11.7 Å². The van der Waals surface area contributed by atoms with Crippen LogP contribution in [0.15, 0.2) is 53.2 Å². The lowest BCUT2D eigenvalue weighted by atomic mass is 10.2. The van der Waals surface area contributed by atoms with E-state index in [2.05, 4.69) is 10.3 Å². The van der Waals surface area contributed by atoms with Gasteiger partial charge in [0, 0.05) is 31.4 Å². The first kappa shape index (κ1) is 16.6. The van der Waals surface area contributed by atoms with E-state index in [-0.39, 0.29) is 23.8 Å². The second-order valence-electron chi connectivity index (χ2n) is 5.56. The molecule has 0 aliphatic rings.